The highest BCUT2D eigenvalue weighted by molar-refractivity contribution is 5.92. The number of rotatable bonds is 1. The number of anilines is 1. The van der Waals surface area contributed by atoms with E-state index >= 15 is 0 Å². The molecule has 0 unspecified atom stereocenters. The maximum Gasteiger partial charge on any atom is 0.0798 e. The maximum absolute atomic E-state index is 9.39. The molecule has 3 heteroatoms. The number of para-hydroxylation sites is 1. The van der Waals surface area contributed by atoms with E-state index in [1.807, 2.05) is 0 Å². The van der Waals surface area contributed by atoms with Gasteiger partial charge in [-0.15, -0.1) is 0 Å². The van der Waals surface area contributed by atoms with Gasteiger partial charge in [0.25, 0.3) is 0 Å². The van der Waals surface area contributed by atoms with Crippen LogP contribution in [0.15, 0.2) is 41.6 Å². The molecule has 20 heavy (non-hydrogen) atoms. The molecule has 3 rings (SSSR count). The third-order valence-electron chi connectivity index (χ3n) is 4.38. The predicted octanol–water partition coefficient (Wildman–Crippen LogP) is 3.77. The Morgan fingerprint density at radius 3 is 2.85 bits per heavy atom. The van der Waals surface area contributed by atoms with Gasteiger partial charge < -0.3 is 10.1 Å². The summed E-state index contributed by atoms with van der Waals surface area (Å²) in [7, 11) is 0. The van der Waals surface area contributed by atoms with Gasteiger partial charge in [0.2, 0.25) is 0 Å². The number of nitrogens with zero attached hydrogens (tertiary/aromatic N) is 2. The standard InChI is InChI=1S/C17H22N2O/c20-18-15-10-3-1-2-4-12-17(15)19-13-7-9-14-8-5-6-11-16(14)19/h1-2,5-6,8,11,17,20H,3-4,7,9-10,12-13H2/b2-1?,18-15-/t17-/m1/s1. The Morgan fingerprint density at radius 1 is 1.10 bits per heavy atom. The smallest absolute Gasteiger partial charge is 0.0798 e. The highest BCUT2D eigenvalue weighted by atomic mass is 16.4. The molecule has 0 radical (unpaired) electrons. The molecule has 2 aliphatic rings. The summed E-state index contributed by atoms with van der Waals surface area (Å²) >= 11 is 0. The van der Waals surface area contributed by atoms with Gasteiger partial charge in [-0.3, -0.25) is 0 Å². The number of allylic oxidation sites excluding steroid dienone is 2. The van der Waals surface area contributed by atoms with Crippen molar-refractivity contribution in [2.24, 2.45) is 5.16 Å². The number of aryl methyl sites for hydroxylation is 1. The van der Waals surface area contributed by atoms with Crippen LogP contribution in [-0.4, -0.2) is 23.5 Å². The van der Waals surface area contributed by atoms with Gasteiger partial charge in [0.15, 0.2) is 0 Å². The Balaban J connectivity index is 1.92. The van der Waals surface area contributed by atoms with E-state index < -0.39 is 0 Å². The molecule has 1 aromatic rings. The van der Waals surface area contributed by atoms with Gasteiger partial charge in [0, 0.05) is 12.2 Å². The lowest BCUT2D eigenvalue weighted by atomic mass is 9.93. The van der Waals surface area contributed by atoms with Gasteiger partial charge >= 0.3 is 0 Å². The average Bonchev–Trinajstić information content (AvgIpc) is 2.47. The SMILES string of the molecule is O/N=C1/CCC=CCC[C@H]1N1CCCc2ccccc21. The Kier molecular flexibility index (Phi) is 4.05. The highest BCUT2D eigenvalue weighted by Crippen LogP contribution is 2.31. The lowest BCUT2D eigenvalue weighted by Crippen LogP contribution is -2.44. The molecule has 1 N–H and O–H groups in total. The predicted molar refractivity (Wildman–Crippen MR) is 82.7 cm³/mol. The summed E-state index contributed by atoms with van der Waals surface area (Å²) in [5, 5.41) is 13.0. The van der Waals surface area contributed by atoms with E-state index in [0.29, 0.717) is 0 Å². The van der Waals surface area contributed by atoms with Crippen LogP contribution in [0.4, 0.5) is 5.69 Å². The summed E-state index contributed by atoms with van der Waals surface area (Å²) in [5.41, 5.74) is 3.69. The molecule has 1 heterocycles. The van der Waals surface area contributed by atoms with E-state index in [4.69, 9.17) is 0 Å². The molecule has 1 atom stereocenters. The summed E-state index contributed by atoms with van der Waals surface area (Å²) in [6, 6.07) is 8.89. The Morgan fingerprint density at radius 2 is 1.95 bits per heavy atom. The van der Waals surface area contributed by atoms with Gasteiger partial charge in [-0.2, -0.15) is 0 Å². The lowest BCUT2D eigenvalue weighted by molar-refractivity contribution is 0.314. The van der Waals surface area contributed by atoms with Crippen LogP contribution in [-0.2, 0) is 6.42 Å². The number of hydrogen-bond acceptors (Lipinski definition) is 3. The molecule has 3 nitrogen and oxygen atoms in total. The van der Waals surface area contributed by atoms with Crippen molar-refractivity contribution in [3.63, 3.8) is 0 Å². The van der Waals surface area contributed by atoms with Gasteiger partial charge in [0.05, 0.1) is 11.8 Å². The second-order valence-corrected chi connectivity index (χ2v) is 5.62. The molecule has 0 aromatic heterocycles. The van der Waals surface area contributed by atoms with Gasteiger partial charge in [-0.25, -0.2) is 0 Å². The quantitative estimate of drug-likeness (QED) is 0.479. The minimum absolute atomic E-state index is 0.242. The fourth-order valence-electron chi connectivity index (χ4n) is 3.39. The van der Waals surface area contributed by atoms with E-state index in [1.54, 1.807) is 0 Å². The van der Waals surface area contributed by atoms with Gasteiger partial charge in [-0.1, -0.05) is 35.5 Å². The largest absolute Gasteiger partial charge is 0.411 e. The van der Waals surface area contributed by atoms with Crippen LogP contribution in [0.5, 0.6) is 0 Å². The second kappa shape index (κ2) is 6.12. The van der Waals surface area contributed by atoms with Crippen LogP contribution in [0.25, 0.3) is 0 Å². The van der Waals surface area contributed by atoms with Crippen LogP contribution < -0.4 is 4.90 Å². The third kappa shape index (κ3) is 2.58. The zero-order valence-corrected chi connectivity index (χ0v) is 11.8. The van der Waals surface area contributed by atoms with Gasteiger partial charge in [0.1, 0.15) is 0 Å². The summed E-state index contributed by atoms with van der Waals surface area (Å²) < 4.78 is 0. The first kappa shape index (κ1) is 13.2. The maximum atomic E-state index is 9.39. The zero-order chi connectivity index (χ0) is 13.8. The topological polar surface area (TPSA) is 35.8 Å². The van der Waals surface area contributed by atoms with Crippen molar-refractivity contribution < 1.29 is 5.21 Å². The van der Waals surface area contributed by atoms with Crippen molar-refractivity contribution in [1.82, 2.24) is 0 Å². The van der Waals surface area contributed by atoms with E-state index in [-0.39, 0.29) is 6.04 Å². The Bertz CT molecular complexity index is 521. The first-order chi connectivity index (χ1) is 9.90. The van der Waals surface area contributed by atoms with E-state index in [9.17, 15) is 5.21 Å². The Labute approximate surface area is 120 Å². The number of fused-ring (bicyclic) bond motifs is 1. The van der Waals surface area contributed by atoms with Gasteiger partial charge in [-0.05, 0) is 50.2 Å². The molecule has 1 aliphatic heterocycles. The van der Waals surface area contributed by atoms with E-state index in [1.165, 1.54) is 17.7 Å². The Hall–Kier alpha value is -1.77. The normalized spacial score (nSPS) is 25.1. The molecule has 0 fully saturated rings. The van der Waals surface area contributed by atoms with E-state index in [2.05, 4.69) is 46.5 Å². The number of benzene rings is 1. The summed E-state index contributed by atoms with van der Waals surface area (Å²) in [6.45, 7) is 1.06. The fraction of sp³-hybridized carbons (Fsp3) is 0.471. The third-order valence-corrected chi connectivity index (χ3v) is 4.38. The summed E-state index contributed by atoms with van der Waals surface area (Å²) in [5.74, 6) is 0. The second-order valence-electron chi connectivity index (χ2n) is 5.62. The summed E-state index contributed by atoms with van der Waals surface area (Å²) in [4.78, 5) is 2.45. The van der Waals surface area contributed by atoms with Crippen LogP contribution in [0.2, 0.25) is 0 Å². The van der Waals surface area contributed by atoms with Crippen molar-refractivity contribution >= 4 is 11.4 Å². The number of hydrogen-bond donors (Lipinski definition) is 1. The molecule has 0 bridgehead atoms. The molecule has 0 amide bonds. The summed E-state index contributed by atoms with van der Waals surface area (Å²) in [6.07, 6.45) is 10.7. The molecule has 1 aromatic carbocycles. The van der Waals surface area contributed by atoms with Crippen molar-refractivity contribution in [3.8, 4) is 0 Å². The lowest BCUT2D eigenvalue weighted by Gasteiger charge is -2.38. The molecular weight excluding hydrogens is 248 g/mol. The zero-order valence-electron chi connectivity index (χ0n) is 11.8. The van der Waals surface area contributed by atoms with Crippen LogP contribution in [0, 0.1) is 0 Å². The molecular formula is C17H22N2O. The molecule has 106 valence electrons. The number of oxime groups is 1. The molecule has 0 saturated carbocycles. The molecule has 0 spiro atoms. The van der Waals surface area contributed by atoms with Crippen LogP contribution in [0.1, 0.15) is 37.7 Å². The molecule has 0 saturated heterocycles. The first-order valence-electron chi connectivity index (χ1n) is 7.60. The minimum atomic E-state index is 0.242. The van der Waals surface area contributed by atoms with Crippen molar-refractivity contribution in [2.45, 2.75) is 44.6 Å². The monoisotopic (exact) mass is 270 g/mol. The van der Waals surface area contributed by atoms with Crippen molar-refractivity contribution in [1.29, 1.82) is 0 Å². The minimum Gasteiger partial charge on any atom is -0.411 e. The van der Waals surface area contributed by atoms with Crippen molar-refractivity contribution in [3.05, 3.63) is 42.0 Å². The highest BCUT2D eigenvalue weighted by Gasteiger charge is 2.27. The molecule has 1 aliphatic carbocycles. The first-order valence-corrected chi connectivity index (χ1v) is 7.60. The average molecular weight is 270 g/mol. The van der Waals surface area contributed by atoms with E-state index in [0.717, 1.165) is 44.4 Å². The van der Waals surface area contributed by atoms with Crippen LogP contribution >= 0.6 is 0 Å². The fourth-order valence-corrected chi connectivity index (χ4v) is 3.39. The van der Waals surface area contributed by atoms with Crippen LogP contribution in [0.3, 0.4) is 0 Å². The van der Waals surface area contributed by atoms with Crippen molar-refractivity contribution in [2.75, 3.05) is 11.4 Å².